The van der Waals surface area contributed by atoms with Crippen molar-refractivity contribution in [2.24, 2.45) is 5.41 Å². The number of aromatic nitrogens is 1. The minimum absolute atomic E-state index is 0.333. The van der Waals surface area contributed by atoms with Crippen molar-refractivity contribution in [3.05, 3.63) is 94.7 Å². The average molecular weight is 671 g/mol. The molecule has 1 aromatic heterocycles. The van der Waals surface area contributed by atoms with E-state index in [-0.39, 0.29) is 0 Å². The number of amides is 2. The van der Waals surface area contributed by atoms with E-state index in [0.29, 0.717) is 48.2 Å². The first-order valence-corrected chi connectivity index (χ1v) is 17.2. The zero-order valence-corrected chi connectivity index (χ0v) is 28.2. The molecule has 2 fully saturated rings. The Morgan fingerprint density at radius 1 is 0.878 bits per heavy atom. The molecule has 2 amide bonds. The van der Waals surface area contributed by atoms with Crippen LogP contribution >= 0.6 is 0 Å². The van der Waals surface area contributed by atoms with Crippen LogP contribution in [0, 0.1) is 24.0 Å². The molecule has 0 atom stereocenters. The second-order valence-corrected chi connectivity index (χ2v) is 13.2. The van der Waals surface area contributed by atoms with Gasteiger partial charge in [-0.2, -0.15) is 0 Å². The van der Waals surface area contributed by atoms with E-state index in [1.165, 1.54) is 36.8 Å². The first kappa shape index (κ1) is 34.5. The number of ether oxygens (including phenoxy) is 2. The van der Waals surface area contributed by atoms with Gasteiger partial charge in [-0.3, -0.25) is 19.5 Å². The molecule has 4 aromatic rings. The number of pyridine rings is 1. The van der Waals surface area contributed by atoms with Crippen LogP contribution in [0.15, 0.2) is 60.8 Å². The van der Waals surface area contributed by atoms with E-state index in [1.54, 1.807) is 19.4 Å². The summed E-state index contributed by atoms with van der Waals surface area (Å²) in [5, 5.41) is 6.47. The zero-order chi connectivity index (χ0) is 34.4. The van der Waals surface area contributed by atoms with Gasteiger partial charge in [-0.15, -0.1) is 0 Å². The Kier molecular flexibility index (Phi) is 10.8. The van der Waals surface area contributed by atoms with Crippen LogP contribution in [0.1, 0.15) is 54.4 Å². The standard InChI is InChI=1S/C39H44F2N4O4/c1-26-22-28(33(41)25-34(26)44-38(47)39(14-15-39)37(46)43-31-11-9-30(40)10-12-31)8-7-27-13-16-42-35-23-29(36(48-2)24-32(27)35)6-4-3-5-17-45-18-20-49-21-19-45/h9-13,16,22-25H,3-8,14-15,17-21H2,1-2H3,(H,43,46)(H,44,47). The van der Waals surface area contributed by atoms with E-state index in [0.717, 1.165) is 79.9 Å². The predicted molar refractivity (Wildman–Crippen MR) is 187 cm³/mol. The van der Waals surface area contributed by atoms with Gasteiger partial charge in [0.15, 0.2) is 0 Å². The van der Waals surface area contributed by atoms with Crippen LogP contribution in [-0.2, 0) is 33.6 Å². The number of anilines is 2. The molecule has 8 nitrogen and oxygen atoms in total. The molecule has 1 aliphatic carbocycles. The largest absolute Gasteiger partial charge is 0.496 e. The SMILES string of the molecule is COc1cc2c(CCc3cc(C)c(NC(=O)C4(C(=O)Nc5ccc(F)cc5)CC4)cc3F)ccnc2cc1CCCCCN1CCOCC1. The second kappa shape index (κ2) is 15.4. The quantitative estimate of drug-likeness (QED) is 0.111. The maximum Gasteiger partial charge on any atom is 0.240 e. The Labute approximate surface area is 286 Å². The van der Waals surface area contributed by atoms with Gasteiger partial charge in [-0.1, -0.05) is 12.5 Å². The minimum atomic E-state index is -1.23. The van der Waals surface area contributed by atoms with E-state index in [9.17, 15) is 14.0 Å². The number of carbonyl (C=O) groups is 2. The zero-order valence-electron chi connectivity index (χ0n) is 28.2. The molecule has 258 valence electrons. The van der Waals surface area contributed by atoms with E-state index in [1.807, 2.05) is 13.0 Å². The summed E-state index contributed by atoms with van der Waals surface area (Å²) in [4.78, 5) is 33.3. The van der Waals surface area contributed by atoms with Crippen LogP contribution in [0.5, 0.6) is 5.75 Å². The summed E-state index contributed by atoms with van der Waals surface area (Å²) in [6, 6.07) is 14.6. The van der Waals surface area contributed by atoms with Gasteiger partial charge in [0.2, 0.25) is 11.8 Å². The van der Waals surface area contributed by atoms with Gasteiger partial charge in [-0.05, 0) is 129 Å². The Bertz CT molecular complexity index is 1800. The van der Waals surface area contributed by atoms with Crippen LogP contribution in [0.2, 0.25) is 0 Å². The van der Waals surface area contributed by atoms with E-state index in [4.69, 9.17) is 9.47 Å². The number of fused-ring (bicyclic) bond motifs is 1. The molecule has 6 rings (SSSR count). The van der Waals surface area contributed by atoms with Gasteiger partial charge >= 0.3 is 0 Å². The van der Waals surface area contributed by atoms with Gasteiger partial charge in [0.1, 0.15) is 22.8 Å². The van der Waals surface area contributed by atoms with Crippen LogP contribution in [0.3, 0.4) is 0 Å². The van der Waals surface area contributed by atoms with Gasteiger partial charge < -0.3 is 20.1 Å². The lowest BCUT2D eigenvalue weighted by molar-refractivity contribution is -0.131. The molecule has 0 unspecified atom stereocenters. The van der Waals surface area contributed by atoms with Crippen LogP contribution in [0.25, 0.3) is 10.9 Å². The number of hydrogen-bond donors (Lipinski definition) is 2. The fourth-order valence-electron chi connectivity index (χ4n) is 6.57. The van der Waals surface area contributed by atoms with Crippen molar-refractivity contribution in [3.63, 3.8) is 0 Å². The number of halogens is 2. The lowest BCUT2D eigenvalue weighted by Crippen LogP contribution is -2.36. The highest BCUT2D eigenvalue weighted by Gasteiger charge is 2.56. The van der Waals surface area contributed by atoms with Crippen molar-refractivity contribution in [1.82, 2.24) is 9.88 Å². The van der Waals surface area contributed by atoms with Crippen LogP contribution < -0.4 is 15.4 Å². The third-order valence-electron chi connectivity index (χ3n) is 9.78. The number of nitrogens with zero attached hydrogens (tertiary/aromatic N) is 2. The monoisotopic (exact) mass is 670 g/mol. The summed E-state index contributed by atoms with van der Waals surface area (Å²) in [5.74, 6) is -0.936. The Hall–Kier alpha value is -4.41. The summed E-state index contributed by atoms with van der Waals surface area (Å²) in [7, 11) is 1.70. The van der Waals surface area contributed by atoms with Gasteiger partial charge in [0, 0.05) is 36.0 Å². The number of rotatable bonds is 14. The molecule has 0 bridgehead atoms. The molecule has 0 radical (unpaired) electrons. The molecule has 1 saturated heterocycles. The average Bonchev–Trinajstić information content (AvgIpc) is 3.93. The molecule has 2 aliphatic rings. The lowest BCUT2D eigenvalue weighted by atomic mass is 9.97. The summed E-state index contributed by atoms with van der Waals surface area (Å²) >= 11 is 0. The van der Waals surface area contributed by atoms with Crippen molar-refractivity contribution in [3.8, 4) is 5.75 Å². The van der Waals surface area contributed by atoms with E-state index >= 15 is 4.39 Å². The maximum atomic E-state index is 15.4. The molecular formula is C39H44F2N4O4. The van der Waals surface area contributed by atoms with Crippen molar-refractivity contribution < 1.29 is 27.8 Å². The summed E-state index contributed by atoms with van der Waals surface area (Å²) in [6.45, 7) is 6.62. The summed E-state index contributed by atoms with van der Waals surface area (Å²) in [5.41, 5.74) is 3.84. The fraction of sp³-hybridized carbons (Fsp3) is 0.410. The number of benzene rings is 3. The molecule has 2 N–H and O–H groups in total. The third-order valence-corrected chi connectivity index (χ3v) is 9.78. The van der Waals surface area contributed by atoms with Gasteiger partial charge in [0.05, 0.1) is 25.8 Å². The maximum absolute atomic E-state index is 15.4. The first-order chi connectivity index (χ1) is 23.8. The normalized spacial score (nSPS) is 15.6. The fourth-order valence-corrected chi connectivity index (χ4v) is 6.57. The number of nitrogens with one attached hydrogen (secondary N) is 2. The van der Waals surface area contributed by atoms with Gasteiger partial charge in [0.25, 0.3) is 0 Å². The highest BCUT2D eigenvalue weighted by atomic mass is 19.1. The van der Waals surface area contributed by atoms with Crippen molar-refractivity contribution >= 4 is 34.1 Å². The van der Waals surface area contributed by atoms with Crippen LogP contribution in [-0.4, -0.2) is 61.7 Å². The Balaban J connectivity index is 1.07. The number of aryl methyl sites for hydroxylation is 4. The predicted octanol–water partition coefficient (Wildman–Crippen LogP) is 7.02. The smallest absolute Gasteiger partial charge is 0.240 e. The molecule has 10 heteroatoms. The molecule has 2 heterocycles. The molecule has 1 saturated carbocycles. The molecular weight excluding hydrogens is 626 g/mol. The molecule has 0 spiro atoms. The van der Waals surface area contributed by atoms with Crippen molar-refractivity contribution in [2.75, 3.05) is 50.6 Å². The molecule has 49 heavy (non-hydrogen) atoms. The topological polar surface area (TPSA) is 92.8 Å². The summed E-state index contributed by atoms with van der Waals surface area (Å²) < 4.78 is 39.9. The van der Waals surface area contributed by atoms with Crippen molar-refractivity contribution in [2.45, 2.75) is 58.3 Å². The highest BCUT2D eigenvalue weighted by molar-refractivity contribution is 6.17. The number of hydrogen-bond acceptors (Lipinski definition) is 6. The van der Waals surface area contributed by atoms with E-state index in [2.05, 4.69) is 32.7 Å². The van der Waals surface area contributed by atoms with Crippen molar-refractivity contribution in [1.29, 1.82) is 0 Å². The molecule has 1 aliphatic heterocycles. The highest BCUT2D eigenvalue weighted by Crippen LogP contribution is 2.47. The second-order valence-electron chi connectivity index (χ2n) is 13.2. The number of unbranched alkanes of at least 4 members (excludes halogenated alkanes) is 2. The van der Waals surface area contributed by atoms with Crippen LogP contribution in [0.4, 0.5) is 20.2 Å². The lowest BCUT2D eigenvalue weighted by Gasteiger charge is -2.26. The first-order valence-electron chi connectivity index (χ1n) is 17.2. The van der Waals surface area contributed by atoms with Gasteiger partial charge in [-0.25, -0.2) is 8.78 Å². The number of carbonyl (C=O) groups excluding carboxylic acids is 2. The Morgan fingerprint density at radius 2 is 1.61 bits per heavy atom. The number of methoxy groups -OCH3 is 1. The Morgan fingerprint density at radius 3 is 2.35 bits per heavy atom. The summed E-state index contributed by atoms with van der Waals surface area (Å²) in [6.07, 6.45) is 7.92. The third kappa shape index (κ3) is 8.25. The molecule has 3 aromatic carbocycles. The number of morpholine rings is 1. The van der Waals surface area contributed by atoms with E-state index < -0.39 is 28.9 Å². The minimum Gasteiger partial charge on any atom is -0.496 e.